The second kappa shape index (κ2) is 26.7. The first kappa shape index (κ1) is 34.7. The van der Waals surface area contributed by atoms with E-state index in [-0.39, 0.29) is 5.91 Å². The van der Waals surface area contributed by atoms with Gasteiger partial charge in [0.25, 0.3) is 0 Å². The summed E-state index contributed by atoms with van der Waals surface area (Å²) in [7, 11) is -2.61. The van der Waals surface area contributed by atoms with Crippen molar-refractivity contribution in [2.24, 2.45) is 0 Å². The maximum absolute atomic E-state index is 12.1. The summed E-state index contributed by atoms with van der Waals surface area (Å²) in [5.41, 5.74) is 0. The van der Waals surface area contributed by atoms with Gasteiger partial charge in [-0.05, 0) is 58.3 Å². The Hall–Kier alpha value is -1.31. The molecular formula is C30H55NO4Si. The Labute approximate surface area is 224 Å². The van der Waals surface area contributed by atoms with Crippen molar-refractivity contribution in [3.8, 4) is 23.7 Å². The Kier molecular flexibility index (Phi) is 25.8. The third-order valence-corrected chi connectivity index (χ3v) is 9.08. The van der Waals surface area contributed by atoms with Crippen LogP contribution in [0.1, 0.15) is 130 Å². The van der Waals surface area contributed by atoms with Gasteiger partial charge < -0.3 is 18.6 Å². The van der Waals surface area contributed by atoms with Crippen molar-refractivity contribution in [3.63, 3.8) is 0 Å². The van der Waals surface area contributed by atoms with E-state index in [9.17, 15) is 4.79 Å². The van der Waals surface area contributed by atoms with Gasteiger partial charge in [0.2, 0.25) is 5.91 Å². The molecule has 0 rings (SSSR count). The second-order valence-electron chi connectivity index (χ2n) is 9.18. The highest BCUT2D eigenvalue weighted by molar-refractivity contribution is 6.60. The highest BCUT2D eigenvalue weighted by Crippen LogP contribution is 2.18. The van der Waals surface area contributed by atoms with Crippen LogP contribution in [0.3, 0.4) is 0 Å². The van der Waals surface area contributed by atoms with Crippen LogP contribution < -0.4 is 5.32 Å². The van der Waals surface area contributed by atoms with Gasteiger partial charge in [0.05, 0.1) is 0 Å². The summed E-state index contributed by atoms with van der Waals surface area (Å²) in [6.45, 7) is 10.5. The Morgan fingerprint density at radius 1 is 0.639 bits per heavy atom. The standard InChI is InChI=1S/C30H55NO4Si/c1-5-9-10-11-12-13-14-15-16-17-18-19-20-21-22-23-24-25-27-30(32)31-28-26-29-36(33-6-2,34-7-3)35-8-4/h5-16,21-29H2,1-4H3,(H,31,32). The van der Waals surface area contributed by atoms with Gasteiger partial charge in [-0.15, -0.1) is 0 Å². The van der Waals surface area contributed by atoms with E-state index in [0.29, 0.717) is 32.8 Å². The van der Waals surface area contributed by atoms with Crippen molar-refractivity contribution in [1.82, 2.24) is 5.32 Å². The molecule has 6 heteroatoms. The average Bonchev–Trinajstić information content (AvgIpc) is 2.86. The number of amides is 1. The van der Waals surface area contributed by atoms with E-state index >= 15 is 0 Å². The average molecular weight is 522 g/mol. The molecule has 0 radical (unpaired) electrons. The largest absolute Gasteiger partial charge is 0.500 e. The van der Waals surface area contributed by atoms with Crippen molar-refractivity contribution in [2.45, 2.75) is 136 Å². The monoisotopic (exact) mass is 521 g/mol. The van der Waals surface area contributed by atoms with Gasteiger partial charge in [-0.2, -0.15) is 0 Å². The lowest BCUT2D eigenvalue weighted by molar-refractivity contribution is -0.121. The molecule has 0 aliphatic rings. The molecule has 0 fully saturated rings. The van der Waals surface area contributed by atoms with Crippen molar-refractivity contribution in [2.75, 3.05) is 26.4 Å². The molecule has 0 unspecified atom stereocenters. The lowest BCUT2D eigenvalue weighted by Crippen LogP contribution is -2.46. The predicted octanol–water partition coefficient (Wildman–Crippen LogP) is 7.42. The summed E-state index contributed by atoms with van der Waals surface area (Å²) >= 11 is 0. The fourth-order valence-electron chi connectivity index (χ4n) is 4.04. The third kappa shape index (κ3) is 21.9. The highest BCUT2D eigenvalue weighted by Gasteiger charge is 2.39. The van der Waals surface area contributed by atoms with Crippen LogP contribution in [0.25, 0.3) is 0 Å². The second-order valence-corrected chi connectivity index (χ2v) is 11.9. The van der Waals surface area contributed by atoms with Crippen LogP contribution in [0.5, 0.6) is 0 Å². The first-order valence-corrected chi connectivity index (χ1v) is 16.7. The van der Waals surface area contributed by atoms with Gasteiger partial charge in [0.15, 0.2) is 0 Å². The van der Waals surface area contributed by atoms with Gasteiger partial charge >= 0.3 is 8.80 Å². The molecule has 0 saturated heterocycles. The van der Waals surface area contributed by atoms with Crippen LogP contribution >= 0.6 is 0 Å². The Balaban J connectivity index is 3.68. The summed E-state index contributed by atoms with van der Waals surface area (Å²) in [5, 5.41) is 3.02. The van der Waals surface area contributed by atoms with E-state index in [2.05, 4.69) is 35.9 Å². The van der Waals surface area contributed by atoms with E-state index in [1.54, 1.807) is 0 Å². The molecule has 0 aromatic carbocycles. The molecular weight excluding hydrogens is 466 g/mol. The van der Waals surface area contributed by atoms with Gasteiger partial charge in [-0.25, -0.2) is 0 Å². The summed E-state index contributed by atoms with van der Waals surface area (Å²) in [6, 6.07) is 0.730. The number of nitrogens with one attached hydrogen (secondary N) is 1. The molecule has 0 spiro atoms. The van der Waals surface area contributed by atoms with Crippen LogP contribution in [-0.4, -0.2) is 41.1 Å². The summed E-state index contributed by atoms with van der Waals surface area (Å²) in [6.07, 6.45) is 18.1. The number of hydrogen-bond acceptors (Lipinski definition) is 4. The quantitative estimate of drug-likeness (QED) is 0.0815. The molecule has 1 amide bonds. The van der Waals surface area contributed by atoms with E-state index in [0.717, 1.165) is 51.0 Å². The first-order valence-electron chi connectivity index (χ1n) is 14.8. The minimum Gasteiger partial charge on any atom is -0.374 e. The molecule has 0 saturated carbocycles. The SMILES string of the molecule is CCCCCCCCCCC#CC#CCCCCCCC(=O)NCCC[Si](OCC)(OCC)OCC. The normalized spacial score (nSPS) is 10.9. The molecule has 0 atom stereocenters. The van der Waals surface area contributed by atoms with Gasteiger partial charge in [0.1, 0.15) is 0 Å². The lowest BCUT2D eigenvalue weighted by Gasteiger charge is -2.28. The van der Waals surface area contributed by atoms with Crippen LogP contribution in [-0.2, 0) is 18.1 Å². The van der Waals surface area contributed by atoms with Gasteiger partial charge in [-0.1, -0.05) is 76.6 Å². The molecule has 0 aliphatic heterocycles. The van der Waals surface area contributed by atoms with Crippen molar-refractivity contribution < 1.29 is 18.1 Å². The predicted molar refractivity (Wildman–Crippen MR) is 154 cm³/mol. The third-order valence-electron chi connectivity index (χ3n) is 5.92. The van der Waals surface area contributed by atoms with E-state index in [1.807, 2.05) is 20.8 Å². The molecule has 208 valence electrons. The fourth-order valence-corrected chi connectivity index (χ4v) is 6.65. The van der Waals surface area contributed by atoms with Crippen LogP contribution in [0.2, 0.25) is 6.04 Å². The number of rotatable bonds is 24. The maximum Gasteiger partial charge on any atom is 0.500 e. The topological polar surface area (TPSA) is 56.8 Å². The van der Waals surface area contributed by atoms with Crippen LogP contribution in [0.15, 0.2) is 0 Å². The first-order chi connectivity index (χ1) is 17.6. The number of carbonyl (C=O) groups is 1. The number of carbonyl (C=O) groups excluding carboxylic acids is 1. The Morgan fingerprint density at radius 2 is 1.11 bits per heavy atom. The number of unbranched alkanes of at least 4 members (excludes halogenated alkanes) is 12. The van der Waals surface area contributed by atoms with E-state index < -0.39 is 8.80 Å². The zero-order valence-electron chi connectivity index (χ0n) is 24.0. The Bertz CT molecular complexity index is 615. The minimum atomic E-state index is -2.61. The van der Waals surface area contributed by atoms with Crippen molar-refractivity contribution >= 4 is 14.7 Å². The van der Waals surface area contributed by atoms with Crippen molar-refractivity contribution in [1.29, 1.82) is 0 Å². The van der Waals surface area contributed by atoms with Gasteiger partial charge in [0, 0.05) is 51.7 Å². The van der Waals surface area contributed by atoms with E-state index in [1.165, 1.54) is 51.4 Å². The zero-order chi connectivity index (χ0) is 26.6. The molecule has 0 aromatic heterocycles. The van der Waals surface area contributed by atoms with Crippen molar-refractivity contribution in [3.05, 3.63) is 0 Å². The minimum absolute atomic E-state index is 0.123. The van der Waals surface area contributed by atoms with Crippen LogP contribution in [0, 0.1) is 23.7 Å². The molecule has 5 nitrogen and oxygen atoms in total. The summed E-state index contributed by atoms with van der Waals surface area (Å²) < 4.78 is 17.6. The molecule has 0 bridgehead atoms. The zero-order valence-corrected chi connectivity index (χ0v) is 25.0. The molecule has 36 heavy (non-hydrogen) atoms. The highest BCUT2D eigenvalue weighted by atomic mass is 28.4. The maximum atomic E-state index is 12.1. The number of hydrogen-bond donors (Lipinski definition) is 1. The fraction of sp³-hybridized carbons (Fsp3) is 0.833. The molecule has 1 N–H and O–H groups in total. The van der Waals surface area contributed by atoms with Gasteiger partial charge in [-0.3, -0.25) is 4.79 Å². The smallest absolute Gasteiger partial charge is 0.374 e. The summed E-state index contributed by atoms with van der Waals surface area (Å²) in [5.74, 6) is 12.4. The lowest BCUT2D eigenvalue weighted by atomic mass is 10.1. The Morgan fingerprint density at radius 3 is 1.61 bits per heavy atom. The summed E-state index contributed by atoms with van der Waals surface area (Å²) in [4.78, 5) is 12.1. The van der Waals surface area contributed by atoms with E-state index in [4.69, 9.17) is 13.3 Å². The molecule has 0 heterocycles. The molecule has 0 aliphatic carbocycles. The van der Waals surface area contributed by atoms with Crippen LogP contribution in [0.4, 0.5) is 0 Å². The molecule has 0 aromatic rings.